The van der Waals surface area contributed by atoms with Crippen molar-refractivity contribution in [1.29, 1.82) is 0 Å². The van der Waals surface area contributed by atoms with E-state index in [2.05, 4.69) is 156 Å². The van der Waals surface area contributed by atoms with E-state index in [0.717, 1.165) is 77.5 Å². The molecule has 3 aromatic heterocycles. The van der Waals surface area contributed by atoms with Crippen molar-refractivity contribution in [3.05, 3.63) is 188 Å². The summed E-state index contributed by atoms with van der Waals surface area (Å²) in [7, 11) is 0. The van der Waals surface area contributed by atoms with E-state index in [1.165, 1.54) is 32.3 Å². The molecule has 4 heteroatoms. The van der Waals surface area contributed by atoms with E-state index in [9.17, 15) is 0 Å². The summed E-state index contributed by atoms with van der Waals surface area (Å²) in [5.74, 6) is 0.629. The molecule has 0 saturated carbocycles. The van der Waals surface area contributed by atoms with Crippen LogP contribution in [0.1, 0.15) is 0 Å². The maximum Gasteiger partial charge on any atom is 0.164 e. The molecule has 0 saturated heterocycles. The number of nitrogens with zero attached hydrogens (tertiary/aromatic N) is 3. The van der Waals surface area contributed by atoms with E-state index in [-0.39, 0.29) is 0 Å². The number of fused-ring (bicyclic) bond motifs is 13. The molecule has 4 nitrogen and oxygen atoms in total. The molecule has 0 bridgehead atoms. The summed E-state index contributed by atoms with van der Waals surface area (Å²) < 4.78 is 9.47. The zero-order valence-electron chi connectivity index (χ0n) is 30.1. The molecule has 0 aliphatic carbocycles. The van der Waals surface area contributed by atoms with Crippen LogP contribution in [0.2, 0.25) is 0 Å². The monoisotopic (exact) mass is 713 g/mol. The van der Waals surface area contributed by atoms with E-state index in [1.807, 2.05) is 36.4 Å². The number of benzene rings is 9. The Labute approximate surface area is 321 Å². The molecule has 0 radical (unpaired) electrons. The molecule has 0 aliphatic heterocycles. The fourth-order valence-electron chi connectivity index (χ4n) is 8.88. The molecular formula is C52H31N3O. The maximum absolute atomic E-state index is 7.08. The van der Waals surface area contributed by atoms with Crippen LogP contribution in [0.25, 0.3) is 116 Å². The molecule has 0 N–H and O–H groups in total. The lowest BCUT2D eigenvalue weighted by molar-refractivity contribution is 0.673. The summed E-state index contributed by atoms with van der Waals surface area (Å²) in [5, 5.41) is 11.9. The number of hydrogen-bond donors (Lipinski definition) is 0. The highest BCUT2D eigenvalue weighted by Crippen LogP contribution is 2.44. The lowest BCUT2D eigenvalue weighted by Gasteiger charge is -2.13. The Kier molecular flexibility index (Phi) is 6.60. The van der Waals surface area contributed by atoms with Gasteiger partial charge in [0.1, 0.15) is 11.2 Å². The number of furan rings is 1. The average Bonchev–Trinajstić information content (AvgIpc) is 3.83. The van der Waals surface area contributed by atoms with Gasteiger partial charge < -0.3 is 8.98 Å². The van der Waals surface area contributed by atoms with Gasteiger partial charge in [-0.2, -0.15) is 0 Å². The van der Waals surface area contributed by atoms with Crippen molar-refractivity contribution in [2.75, 3.05) is 0 Å². The van der Waals surface area contributed by atoms with Crippen molar-refractivity contribution >= 4 is 76.1 Å². The first-order valence-corrected chi connectivity index (χ1v) is 19.0. The minimum absolute atomic E-state index is 0.629. The molecule has 0 atom stereocenters. The third-order valence-electron chi connectivity index (χ3n) is 11.4. The summed E-state index contributed by atoms with van der Waals surface area (Å²) in [6.45, 7) is 0. The fraction of sp³-hybridized carbons (Fsp3) is 0. The minimum atomic E-state index is 0.629. The third kappa shape index (κ3) is 4.53. The van der Waals surface area contributed by atoms with E-state index in [4.69, 9.17) is 14.4 Å². The van der Waals surface area contributed by atoms with Gasteiger partial charge in [-0.25, -0.2) is 9.97 Å². The van der Waals surface area contributed by atoms with Crippen LogP contribution in [-0.2, 0) is 0 Å². The van der Waals surface area contributed by atoms with Crippen molar-refractivity contribution in [2.24, 2.45) is 0 Å². The van der Waals surface area contributed by atoms with Gasteiger partial charge >= 0.3 is 0 Å². The molecule has 260 valence electrons. The number of rotatable bonds is 4. The van der Waals surface area contributed by atoms with Crippen LogP contribution in [0.5, 0.6) is 0 Å². The lowest BCUT2D eigenvalue weighted by Crippen LogP contribution is -1.96. The maximum atomic E-state index is 7.08. The van der Waals surface area contributed by atoms with Crippen LogP contribution in [0.15, 0.2) is 192 Å². The SMILES string of the molecule is c1ccc(-c2cc(-c3ccccc3)nc(-c3cccc4c3oc3c4ccc4c3c3ccccc3n4-c3ccc4c5ccccc5c5ccccc5c4c3)n2)cc1. The van der Waals surface area contributed by atoms with Gasteiger partial charge in [0.15, 0.2) is 5.82 Å². The Hall–Kier alpha value is -7.56. The van der Waals surface area contributed by atoms with Gasteiger partial charge in [0, 0.05) is 33.0 Å². The smallest absolute Gasteiger partial charge is 0.164 e. The van der Waals surface area contributed by atoms with Crippen molar-refractivity contribution in [1.82, 2.24) is 14.5 Å². The highest BCUT2D eigenvalue weighted by molar-refractivity contribution is 6.27. The van der Waals surface area contributed by atoms with E-state index >= 15 is 0 Å². The van der Waals surface area contributed by atoms with Crippen molar-refractivity contribution in [2.45, 2.75) is 0 Å². The molecule has 0 amide bonds. The molecule has 12 rings (SSSR count). The molecule has 0 fully saturated rings. The van der Waals surface area contributed by atoms with Gasteiger partial charge in [-0.1, -0.05) is 146 Å². The molecule has 3 heterocycles. The molecular weight excluding hydrogens is 683 g/mol. The summed E-state index contributed by atoms with van der Waals surface area (Å²) in [6, 6.07) is 66.5. The number of aromatic nitrogens is 3. The van der Waals surface area contributed by atoms with Crippen LogP contribution >= 0.6 is 0 Å². The van der Waals surface area contributed by atoms with Crippen LogP contribution in [-0.4, -0.2) is 14.5 Å². The van der Waals surface area contributed by atoms with E-state index in [0.29, 0.717) is 5.82 Å². The van der Waals surface area contributed by atoms with Gasteiger partial charge in [-0.05, 0) is 74.8 Å². The van der Waals surface area contributed by atoms with Crippen LogP contribution in [0, 0.1) is 0 Å². The molecule has 56 heavy (non-hydrogen) atoms. The Morgan fingerprint density at radius 1 is 0.357 bits per heavy atom. The largest absolute Gasteiger partial charge is 0.455 e. The number of para-hydroxylation sites is 2. The second-order valence-electron chi connectivity index (χ2n) is 14.5. The molecule has 0 aliphatic rings. The standard InChI is InChI=1S/C52H31N3O/c1-3-14-32(15-4-1)45-31-46(33-16-5-2-6-17-33)54-52(53-45)43-24-13-23-40-41-28-29-48-49(51(41)56-50(40)43)42-22-11-12-25-47(42)55(48)34-26-27-39-37-20-8-7-18-35(37)36-19-9-10-21-38(36)44(39)30-34/h1-31H. The molecule has 0 spiro atoms. The van der Waals surface area contributed by atoms with Gasteiger partial charge in [-0.15, -0.1) is 0 Å². The predicted molar refractivity (Wildman–Crippen MR) is 232 cm³/mol. The van der Waals surface area contributed by atoms with E-state index in [1.54, 1.807) is 0 Å². The highest BCUT2D eigenvalue weighted by Gasteiger charge is 2.22. The molecule has 0 unspecified atom stereocenters. The van der Waals surface area contributed by atoms with Crippen LogP contribution in [0.3, 0.4) is 0 Å². The van der Waals surface area contributed by atoms with Gasteiger partial charge in [0.25, 0.3) is 0 Å². The Balaban J connectivity index is 1.11. The average molecular weight is 714 g/mol. The number of hydrogen-bond acceptors (Lipinski definition) is 3. The molecule has 12 aromatic rings. The Morgan fingerprint density at radius 2 is 0.875 bits per heavy atom. The highest BCUT2D eigenvalue weighted by atomic mass is 16.3. The minimum Gasteiger partial charge on any atom is -0.455 e. The van der Waals surface area contributed by atoms with Crippen molar-refractivity contribution < 1.29 is 4.42 Å². The second kappa shape index (κ2) is 12.0. The van der Waals surface area contributed by atoms with Gasteiger partial charge in [-0.3, -0.25) is 0 Å². The first kappa shape index (κ1) is 30.9. The predicted octanol–water partition coefficient (Wildman–Crippen LogP) is 13.9. The second-order valence-corrected chi connectivity index (χ2v) is 14.5. The summed E-state index contributed by atoms with van der Waals surface area (Å²) in [5.41, 5.74) is 9.64. The lowest BCUT2D eigenvalue weighted by atomic mass is 9.94. The summed E-state index contributed by atoms with van der Waals surface area (Å²) in [4.78, 5) is 10.3. The van der Waals surface area contributed by atoms with Crippen LogP contribution in [0.4, 0.5) is 0 Å². The summed E-state index contributed by atoms with van der Waals surface area (Å²) in [6.07, 6.45) is 0. The zero-order chi connectivity index (χ0) is 36.7. The van der Waals surface area contributed by atoms with Crippen LogP contribution < -0.4 is 0 Å². The Bertz CT molecular complexity index is 3430. The normalized spacial score (nSPS) is 11.9. The first-order chi connectivity index (χ1) is 27.8. The topological polar surface area (TPSA) is 43.9 Å². The quantitative estimate of drug-likeness (QED) is 0.171. The zero-order valence-corrected chi connectivity index (χ0v) is 30.1. The van der Waals surface area contributed by atoms with Crippen molar-refractivity contribution in [3.8, 4) is 39.6 Å². The fourth-order valence-corrected chi connectivity index (χ4v) is 8.88. The molecule has 9 aromatic carbocycles. The van der Waals surface area contributed by atoms with Crippen molar-refractivity contribution in [3.63, 3.8) is 0 Å². The van der Waals surface area contributed by atoms with Gasteiger partial charge in [0.2, 0.25) is 0 Å². The van der Waals surface area contributed by atoms with Gasteiger partial charge in [0.05, 0.1) is 33.4 Å². The summed E-state index contributed by atoms with van der Waals surface area (Å²) >= 11 is 0. The van der Waals surface area contributed by atoms with E-state index < -0.39 is 0 Å². The Morgan fingerprint density at radius 3 is 1.54 bits per heavy atom. The third-order valence-corrected chi connectivity index (χ3v) is 11.4. The first-order valence-electron chi connectivity index (χ1n) is 19.0.